The molecule has 0 aliphatic heterocycles. The van der Waals surface area contributed by atoms with Gasteiger partial charge in [0.15, 0.2) is 5.82 Å². The summed E-state index contributed by atoms with van der Waals surface area (Å²) >= 11 is 1.41. The van der Waals surface area contributed by atoms with Gasteiger partial charge in [-0.05, 0) is 26.0 Å². The molecular weight excluding hydrogens is 324 g/mol. The molecule has 120 valence electrons. The van der Waals surface area contributed by atoms with Crippen molar-refractivity contribution in [2.75, 3.05) is 6.61 Å². The Labute approximate surface area is 141 Å². The third-order valence-electron chi connectivity index (χ3n) is 3.79. The fourth-order valence-electron chi connectivity index (χ4n) is 2.80. The van der Waals surface area contributed by atoms with Crippen LogP contribution in [0.3, 0.4) is 0 Å². The normalized spacial score (nSPS) is 11.2. The van der Waals surface area contributed by atoms with Gasteiger partial charge in [0.05, 0.1) is 28.6 Å². The summed E-state index contributed by atoms with van der Waals surface area (Å²) in [6.07, 6.45) is 1.51. The number of nitrogens with zero attached hydrogens (tertiary/aromatic N) is 4. The molecule has 0 saturated heterocycles. The average Bonchev–Trinajstić information content (AvgIpc) is 3.15. The zero-order chi connectivity index (χ0) is 16.7. The summed E-state index contributed by atoms with van der Waals surface area (Å²) in [7, 11) is 0. The van der Waals surface area contributed by atoms with E-state index in [1.54, 1.807) is 12.3 Å². The van der Waals surface area contributed by atoms with Crippen molar-refractivity contribution >= 4 is 38.6 Å². The van der Waals surface area contributed by atoms with Crippen LogP contribution in [0.15, 0.2) is 36.0 Å². The Hall–Kier alpha value is -2.80. The van der Waals surface area contributed by atoms with Crippen LogP contribution in [-0.2, 0) is 4.74 Å². The van der Waals surface area contributed by atoms with Crippen LogP contribution in [0.5, 0.6) is 0 Å². The van der Waals surface area contributed by atoms with Crippen LogP contribution < -0.4 is 0 Å². The number of esters is 1. The number of carbonyl (C=O) groups is 1. The Bertz CT molecular complexity index is 1070. The number of para-hydroxylation sites is 2. The molecular formula is C17H14N4O2S. The maximum absolute atomic E-state index is 12.3. The van der Waals surface area contributed by atoms with E-state index in [4.69, 9.17) is 4.74 Å². The number of imidazole rings is 1. The Morgan fingerprint density at radius 3 is 2.96 bits per heavy atom. The number of aryl methyl sites for hydroxylation is 1. The van der Waals surface area contributed by atoms with Crippen molar-refractivity contribution in [3.8, 4) is 5.82 Å². The van der Waals surface area contributed by atoms with E-state index in [0.29, 0.717) is 23.4 Å². The van der Waals surface area contributed by atoms with Gasteiger partial charge in [-0.1, -0.05) is 12.1 Å². The van der Waals surface area contributed by atoms with E-state index < -0.39 is 0 Å². The Morgan fingerprint density at radius 1 is 1.29 bits per heavy atom. The lowest BCUT2D eigenvalue weighted by Crippen LogP contribution is -2.07. The highest BCUT2D eigenvalue weighted by Gasteiger charge is 2.21. The first-order chi connectivity index (χ1) is 11.7. The van der Waals surface area contributed by atoms with Gasteiger partial charge in [-0.15, -0.1) is 11.3 Å². The van der Waals surface area contributed by atoms with Gasteiger partial charge >= 0.3 is 5.97 Å². The second-order valence-electron chi connectivity index (χ2n) is 5.23. The summed E-state index contributed by atoms with van der Waals surface area (Å²) in [5.41, 5.74) is 2.32. The predicted molar refractivity (Wildman–Crippen MR) is 92.7 cm³/mol. The molecule has 24 heavy (non-hydrogen) atoms. The molecule has 4 rings (SSSR count). The summed E-state index contributed by atoms with van der Waals surface area (Å²) in [6, 6.07) is 7.85. The molecule has 6 nitrogen and oxygen atoms in total. The number of benzene rings is 1. The van der Waals surface area contributed by atoms with Gasteiger partial charge in [0.2, 0.25) is 0 Å². The lowest BCUT2D eigenvalue weighted by molar-refractivity contribution is 0.0529. The fraction of sp³-hybridized carbons (Fsp3) is 0.176. The molecule has 0 saturated carbocycles. The van der Waals surface area contributed by atoms with Crippen molar-refractivity contribution in [1.82, 2.24) is 19.5 Å². The first-order valence-corrected chi connectivity index (χ1v) is 8.42. The van der Waals surface area contributed by atoms with E-state index in [9.17, 15) is 4.79 Å². The number of hydrogen-bond donors (Lipinski definition) is 0. The van der Waals surface area contributed by atoms with E-state index >= 15 is 0 Å². The third kappa shape index (κ3) is 2.16. The number of thiophene rings is 1. The molecule has 0 fully saturated rings. The highest BCUT2D eigenvalue weighted by Crippen LogP contribution is 2.31. The van der Waals surface area contributed by atoms with Crippen LogP contribution in [0.4, 0.5) is 0 Å². The van der Waals surface area contributed by atoms with E-state index in [2.05, 4.69) is 15.0 Å². The summed E-state index contributed by atoms with van der Waals surface area (Å²) in [6.45, 7) is 4.04. The molecule has 0 spiro atoms. The van der Waals surface area contributed by atoms with Gasteiger partial charge in [-0.2, -0.15) is 0 Å². The summed E-state index contributed by atoms with van der Waals surface area (Å²) < 4.78 is 7.12. The van der Waals surface area contributed by atoms with Crippen molar-refractivity contribution in [3.05, 3.63) is 47.4 Å². The lowest BCUT2D eigenvalue weighted by Gasteiger charge is -2.08. The second kappa shape index (κ2) is 5.68. The molecule has 0 N–H and O–H groups in total. The van der Waals surface area contributed by atoms with Crippen molar-refractivity contribution < 1.29 is 9.53 Å². The number of ether oxygens (including phenoxy) is 1. The monoisotopic (exact) mass is 338 g/mol. The number of hydrogen-bond acceptors (Lipinski definition) is 6. The molecule has 0 radical (unpaired) electrons. The maximum atomic E-state index is 12.3. The molecule has 3 aromatic heterocycles. The number of carbonyl (C=O) groups excluding carboxylic acids is 1. The standard InChI is InChI=1S/C17H14N4O2S/c1-3-23-17(22)11-8-24-16-14(11)15(18-9-19-16)21-10(2)20-12-6-4-5-7-13(12)21/h4-9H,3H2,1-2H3. The van der Waals surface area contributed by atoms with Crippen molar-refractivity contribution in [3.63, 3.8) is 0 Å². The van der Waals surface area contributed by atoms with Crippen LogP contribution in [0.2, 0.25) is 0 Å². The first-order valence-electron chi connectivity index (χ1n) is 7.54. The summed E-state index contributed by atoms with van der Waals surface area (Å²) in [5, 5.41) is 2.47. The van der Waals surface area contributed by atoms with E-state index in [1.165, 1.54) is 17.7 Å². The molecule has 4 aromatic rings. The van der Waals surface area contributed by atoms with E-state index in [-0.39, 0.29) is 5.97 Å². The quantitative estimate of drug-likeness (QED) is 0.535. The lowest BCUT2D eigenvalue weighted by atomic mass is 10.2. The Balaban J connectivity index is 2.04. The molecule has 0 amide bonds. The molecule has 3 heterocycles. The zero-order valence-corrected chi connectivity index (χ0v) is 14.0. The molecule has 0 aliphatic rings. The van der Waals surface area contributed by atoms with Crippen LogP contribution in [-0.4, -0.2) is 32.1 Å². The number of aromatic nitrogens is 4. The zero-order valence-electron chi connectivity index (χ0n) is 13.2. The molecule has 0 bridgehead atoms. The van der Waals surface area contributed by atoms with Gasteiger partial charge < -0.3 is 4.74 Å². The van der Waals surface area contributed by atoms with Crippen LogP contribution in [0.25, 0.3) is 27.1 Å². The van der Waals surface area contributed by atoms with Crippen molar-refractivity contribution in [2.24, 2.45) is 0 Å². The fourth-order valence-corrected chi connectivity index (χ4v) is 3.67. The van der Waals surface area contributed by atoms with Gasteiger partial charge in [0, 0.05) is 5.38 Å². The van der Waals surface area contributed by atoms with Gasteiger partial charge in [-0.3, -0.25) is 4.57 Å². The molecule has 0 unspecified atom stereocenters. The highest BCUT2D eigenvalue weighted by atomic mass is 32.1. The SMILES string of the molecule is CCOC(=O)c1csc2ncnc(-n3c(C)nc4ccccc43)c12. The van der Waals surface area contributed by atoms with Gasteiger partial charge in [0.25, 0.3) is 0 Å². The molecule has 0 aliphatic carbocycles. The number of fused-ring (bicyclic) bond motifs is 2. The van der Waals surface area contributed by atoms with Gasteiger partial charge in [-0.25, -0.2) is 19.7 Å². The van der Waals surface area contributed by atoms with E-state index in [0.717, 1.165) is 21.7 Å². The van der Waals surface area contributed by atoms with Crippen LogP contribution >= 0.6 is 11.3 Å². The number of rotatable bonds is 3. The third-order valence-corrected chi connectivity index (χ3v) is 4.67. The van der Waals surface area contributed by atoms with E-state index in [1.807, 2.05) is 35.8 Å². The maximum Gasteiger partial charge on any atom is 0.339 e. The highest BCUT2D eigenvalue weighted by molar-refractivity contribution is 7.17. The summed E-state index contributed by atoms with van der Waals surface area (Å²) in [5.74, 6) is 1.09. The average molecular weight is 338 g/mol. The van der Waals surface area contributed by atoms with Crippen LogP contribution in [0, 0.1) is 6.92 Å². The molecule has 1 aromatic carbocycles. The Kier molecular flexibility index (Phi) is 3.50. The van der Waals surface area contributed by atoms with Crippen LogP contribution in [0.1, 0.15) is 23.1 Å². The van der Waals surface area contributed by atoms with Crippen molar-refractivity contribution in [1.29, 1.82) is 0 Å². The van der Waals surface area contributed by atoms with Gasteiger partial charge in [0.1, 0.15) is 17.0 Å². The minimum atomic E-state index is -0.359. The minimum absolute atomic E-state index is 0.326. The second-order valence-corrected chi connectivity index (χ2v) is 6.09. The molecule has 7 heteroatoms. The molecule has 0 atom stereocenters. The van der Waals surface area contributed by atoms with Crippen molar-refractivity contribution in [2.45, 2.75) is 13.8 Å². The smallest absolute Gasteiger partial charge is 0.339 e. The largest absolute Gasteiger partial charge is 0.462 e. The first kappa shape index (κ1) is 14.8. The minimum Gasteiger partial charge on any atom is -0.462 e. The summed E-state index contributed by atoms with van der Waals surface area (Å²) in [4.78, 5) is 26.4. The topological polar surface area (TPSA) is 69.9 Å². The Morgan fingerprint density at radius 2 is 2.12 bits per heavy atom. The predicted octanol–water partition coefficient (Wildman–Crippen LogP) is 3.52.